The van der Waals surface area contributed by atoms with Gasteiger partial charge in [0.25, 0.3) is 0 Å². The third kappa shape index (κ3) is 6.80. The maximum Gasteiger partial charge on any atom is 0.223 e. The van der Waals surface area contributed by atoms with Crippen molar-refractivity contribution in [2.45, 2.75) is 45.6 Å². The molecule has 4 nitrogen and oxygen atoms in total. The number of ether oxygens (including phenoxy) is 1. The van der Waals surface area contributed by atoms with Crippen LogP contribution < -0.4 is 15.4 Å². The highest BCUT2D eigenvalue weighted by Gasteiger charge is 2.24. The van der Waals surface area contributed by atoms with Crippen molar-refractivity contribution in [3.05, 3.63) is 29.8 Å². The van der Waals surface area contributed by atoms with E-state index in [1.54, 1.807) is 0 Å². The number of nitrogens with one attached hydrogen (secondary N) is 2. The van der Waals surface area contributed by atoms with Crippen molar-refractivity contribution in [3.8, 4) is 5.75 Å². The van der Waals surface area contributed by atoms with E-state index < -0.39 is 0 Å². The van der Waals surface area contributed by atoms with E-state index in [2.05, 4.69) is 36.6 Å². The fourth-order valence-corrected chi connectivity index (χ4v) is 2.86. The van der Waals surface area contributed by atoms with Crippen LogP contribution in [0.15, 0.2) is 24.3 Å². The molecular weight excluding hydrogens is 312 g/mol. The zero-order chi connectivity index (χ0) is 15.8. The molecule has 2 atom stereocenters. The van der Waals surface area contributed by atoms with Crippen LogP contribution in [0.4, 0.5) is 0 Å². The lowest BCUT2D eigenvalue weighted by Gasteiger charge is -2.27. The SMILES string of the molecule is CCCOc1cccc(CCNC(=O)[C@H]2CCN[C@@H](C)C2)c1.Cl. The van der Waals surface area contributed by atoms with Gasteiger partial charge in [0.15, 0.2) is 0 Å². The Hall–Kier alpha value is -1.26. The minimum atomic E-state index is 0. The molecular formula is C18H29ClN2O2. The predicted molar refractivity (Wildman–Crippen MR) is 96.4 cm³/mol. The molecule has 1 aromatic rings. The first kappa shape index (κ1) is 19.8. The van der Waals surface area contributed by atoms with Crippen LogP contribution >= 0.6 is 12.4 Å². The number of carbonyl (C=O) groups is 1. The van der Waals surface area contributed by atoms with E-state index in [1.807, 2.05) is 12.1 Å². The average Bonchev–Trinajstić information content (AvgIpc) is 2.53. The fraction of sp³-hybridized carbons (Fsp3) is 0.611. The topological polar surface area (TPSA) is 50.4 Å². The summed E-state index contributed by atoms with van der Waals surface area (Å²) in [6, 6.07) is 8.58. The Kier molecular flexibility index (Phi) is 9.03. The van der Waals surface area contributed by atoms with Crippen LogP contribution in [-0.4, -0.2) is 31.6 Å². The molecule has 1 amide bonds. The van der Waals surface area contributed by atoms with Gasteiger partial charge >= 0.3 is 0 Å². The van der Waals surface area contributed by atoms with Gasteiger partial charge in [-0.1, -0.05) is 19.1 Å². The molecule has 0 spiro atoms. The van der Waals surface area contributed by atoms with E-state index in [1.165, 1.54) is 5.56 Å². The van der Waals surface area contributed by atoms with E-state index in [9.17, 15) is 4.79 Å². The van der Waals surface area contributed by atoms with Crippen LogP contribution in [-0.2, 0) is 11.2 Å². The Morgan fingerprint density at radius 3 is 3.00 bits per heavy atom. The van der Waals surface area contributed by atoms with Gasteiger partial charge in [-0.25, -0.2) is 0 Å². The molecule has 0 bridgehead atoms. The summed E-state index contributed by atoms with van der Waals surface area (Å²) in [4.78, 5) is 12.2. The number of halogens is 1. The van der Waals surface area contributed by atoms with E-state index >= 15 is 0 Å². The highest BCUT2D eigenvalue weighted by Crippen LogP contribution is 2.16. The normalized spacial score (nSPS) is 20.4. The first-order valence-electron chi connectivity index (χ1n) is 8.42. The minimum absolute atomic E-state index is 0. The van der Waals surface area contributed by atoms with Crippen molar-refractivity contribution in [3.63, 3.8) is 0 Å². The van der Waals surface area contributed by atoms with Gasteiger partial charge in [-0.2, -0.15) is 0 Å². The summed E-state index contributed by atoms with van der Waals surface area (Å²) in [5.74, 6) is 1.28. The van der Waals surface area contributed by atoms with Gasteiger partial charge in [-0.05, 0) is 56.8 Å². The van der Waals surface area contributed by atoms with Crippen LogP contribution in [0.3, 0.4) is 0 Å². The van der Waals surface area contributed by atoms with E-state index in [4.69, 9.17) is 4.74 Å². The van der Waals surface area contributed by atoms with Crippen LogP contribution in [0, 0.1) is 5.92 Å². The minimum Gasteiger partial charge on any atom is -0.494 e. The maximum atomic E-state index is 12.2. The van der Waals surface area contributed by atoms with Crippen LogP contribution in [0.5, 0.6) is 5.75 Å². The summed E-state index contributed by atoms with van der Waals surface area (Å²) < 4.78 is 5.64. The molecule has 2 N–H and O–H groups in total. The Morgan fingerprint density at radius 1 is 1.43 bits per heavy atom. The molecule has 0 aliphatic carbocycles. The second-order valence-corrected chi connectivity index (χ2v) is 6.11. The molecule has 1 aliphatic rings. The molecule has 2 rings (SSSR count). The highest BCUT2D eigenvalue weighted by atomic mass is 35.5. The second kappa shape index (κ2) is 10.5. The highest BCUT2D eigenvalue weighted by molar-refractivity contribution is 5.85. The molecule has 1 saturated heterocycles. The van der Waals surface area contributed by atoms with Gasteiger partial charge in [0.05, 0.1) is 6.61 Å². The third-order valence-corrected chi connectivity index (χ3v) is 4.08. The zero-order valence-electron chi connectivity index (χ0n) is 14.1. The lowest BCUT2D eigenvalue weighted by atomic mass is 9.92. The summed E-state index contributed by atoms with van der Waals surface area (Å²) in [5.41, 5.74) is 1.20. The van der Waals surface area contributed by atoms with E-state index in [0.717, 1.165) is 44.6 Å². The van der Waals surface area contributed by atoms with Gasteiger partial charge in [0.1, 0.15) is 5.75 Å². The van der Waals surface area contributed by atoms with Gasteiger partial charge < -0.3 is 15.4 Å². The van der Waals surface area contributed by atoms with Crippen molar-refractivity contribution in [1.82, 2.24) is 10.6 Å². The lowest BCUT2D eigenvalue weighted by Crippen LogP contribution is -2.42. The fourth-order valence-electron chi connectivity index (χ4n) is 2.86. The number of amides is 1. The quantitative estimate of drug-likeness (QED) is 0.802. The number of carbonyl (C=O) groups excluding carboxylic acids is 1. The van der Waals surface area contributed by atoms with E-state index in [0.29, 0.717) is 12.6 Å². The van der Waals surface area contributed by atoms with Crippen LogP contribution in [0.25, 0.3) is 0 Å². The Bertz CT molecular complexity index is 482. The van der Waals surface area contributed by atoms with Crippen LogP contribution in [0.2, 0.25) is 0 Å². The first-order chi connectivity index (χ1) is 10.7. The largest absolute Gasteiger partial charge is 0.494 e. The summed E-state index contributed by atoms with van der Waals surface area (Å²) in [6.07, 6.45) is 3.73. The maximum absolute atomic E-state index is 12.2. The average molecular weight is 341 g/mol. The molecule has 1 heterocycles. The predicted octanol–water partition coefficient (Wildman–Crippen LogP) is 2.94. The van der Waals surface area contributed by atoms with Crippen LogP contribution in [0.1, 0.15) is 38.7 Å². The van der Waals surface area contributed by atoms with Crippen molar-refractivity contribution in [1.29, 1.82) is 0 Å². The van der Waals surface area contributed by atoms with E-state index in [-0.39, 0.29) is 24.2 Å². The summed E-state index contributed by atoms with van der Waals surface area (Å²) in [5, 5.41) is 6.45. The van der Waals surface area contributed by atoms with Crippen molar-refractivity contribution < 1.29 is 9.53 Å². The molecule has 0 saturated carbocycles. The van der Waals surface area contributed by atoms with Crippen molar-refractivity contribution >= 4 is 18.3 Å². The molecule has 1 aromatic carbocycles. The number of hydrogen-bond acceptors (Lipinski definition) is 3. The van der Waals surface area contributed by atoms with Crippen molar-refractivity contribution in [2.24, 2.45) is 5.92 Å². The summed E-state index contributed by atoms with van der Waals surface area (Å²) >= 11 is 0. The molecule has 0 radical (unpaired) electrons. The number of benzene rings is 1. The Labute approximate surface area is 145 Å². The van der Waals surface area contributed by atoms with Gasteiger partial charge in [-0.15, -0.1) is 12.4 Å². The monoisotopic (exact) mass is 340 g/mol. The number of piperidine rings is 1. The Balaban J connectivity index is 0.00000264. The first-order valence-corrected chi connectivity index (χ1v) is 8.42. The molecule has 0 unspecified atom stereocenters. The summed E-state index contributed by atoms with van der Waals surface area (Å²) in [6.45, 7) is 6.61. The van der Waals surface area contributed by atoms with Gasteiger partial charge in [0.2, 0.25) is 5.91 Å². The second-order valence-electron chi connectivity index (χ2n) is 6.11. The third-order valence-electron chi connectivity index (χ3n) is 4.08. The zero-order valence-corrected chi connectivity index (χ0v) is 15.0. The standard InChI is InChI=1S/C18H28N2O2.ClH/c1-3-11-22-17-6-4-5-15(13-17)7-9-20-18(21)16-8-10-19-14(2)12-16;/h4-6,13-14,16,19H,3,7-12H2,1-2H3,(H,20,21);1H/t14-,16-;/m0./s1. The molecule has 1 aliphatic heterocycles. The lowest BCUT2D eigenvalue weighted by molar-refractivity contribution is -0.126. The van der Waals surface area contributed by atoms with Gasteiger partial charge in [0, 0.05) is 18.5 Å². The number of rotatable bonds is 7. The smallest absolute Gasteiger partial charge is 0.223 e. The molecule has 1 fully saturated rings. The molecule has 23 heavy (non-hydrogen) atoms. The molecule has 5 heteroatoms. The molecule has 0 aromatic heterocycles. The number of hydrogen-bond donors (Lipinski definition) is 2. The molecule has 130 valence electrons. The summed E-state index contributed by atoms with van der Waals surface area (Å²) in [7, 11) is 0. The Morgan fingerprint density at radius 2 is 2.26 bits per heavy atom. The van der Waals surface area contributed by atoms with Gasteiger partial charge in [-0.3, -0.25) is 4.79 Å². The van der Waals surface area contributed by atoms with Crippen molar-refractivity contribution in [2.75, 3.05) is 19.7 Å².